The molecule has 24 heavy (non-hydrogen) atoms. The van der Waals surface area contributed by atoms with Crippen molar-refractivity contribution in [3.63, 3.8) is 0 Å². The van der Waals surface area contributed by atoms with Gasteiger partial charge >= 0.3 is 0 Å². The predicted molar refractivity (Wildman–Crippen MR) is 97.8 cm³/mol. The van der Waals surface area contributed by atoms with Gasteiger partial charge in [0.2, 0.25) is 5.91 Å². The highest BCUT2D eigenvalue weighted by atomic mass is 16.5. The molecule has 1 N–H and O–H groups in total. The van der Waals surface area contributed by atoms with Crippen molar-refractivity contribution in [1.82, 2.24) is 5.32 Å². The van der Waals surface area contributed by atoms with E-state index >= 15 is 0 Å². The molecule has 120 valence electrons. The van der Waals surface area contributed by atoms with E-state index in [0.29, 0.717) is 6.54 Å². The topological polar surface area (TPSA) is 38.3 Å². The zero-order valence-corrected chi connectivity index (χ0v) is 13.5. The third-order valence-corrected chi connectivity index (χ3v) is 3.82. The molecule has 1 amide bonds. The fraction of sp³-hybridized carbons (Fsp3) is 0.0952. The first kappa shape index (κ1) is 15.8. The van der Waals surface area contributed by atoms with E-state index in [0.717, 1.165) is 16.9 Å². The highest BCUT2D eigenvalue weighted by Crippen LogP contribution is 2.15. The Morgan fingerprint density at radius 2 is 1.75 bits per heavy atom. The number of fused-ring (bicyclic) bond motifs is 1. The molecule has 0 fully saturated rings. The molecule has 0 bridgehead atoms. The van der Waals surface area contributed by atoms with Crippen molar-refractivity contribution in [1.29, 1.82) is 0 Å². The molecule has 0 atom stereocenters. The summed E-state index contributed by atoms with van der Waals surface area (Å²) in [5, 5.41) is 5.29. The van der Waals surface area contributed by atoms with Gasteiger partial charge in [-0.05, 0) is 46.2 Å². The minimum atomic E-state index is -0.112. The van der Waals surface area contributed by atoms with Crippen LogP contribution in [0.25, 0.3) is 16.8 Å². The molecular weight excluding hydrogens is 298 g/mol. The molecule has 3 nitrogen and oxygen atoms in total. The van der Waals surface area contributed by atoms with Crippen LogP contribution >= 0.6 is 0 Å². The largest absolute Gasteiger partial charge is 0.497 e. The van der Waals surface area contributed by atoms with Gasteiger partial charge in [-0.25, -0.2) is 0 Å². The standard InChI is InChI=1S/C21H19NO2/c1-24-20-11-7-16(8-12-20)9-13-21(23)22-15-17-6-10-18-4-2-3-5-19(18)14-17/h2-14H,15H2,1H3,(H,22,23)/b13-9+. The quantitative estimate of drug-likeness (QED) is 0.717. The zero-order chi connectivity index (χ0) is 16.8. The minimum absolute atomic E-state index is 0.112. The Hall–Kier alpha value is -3.07. The van der Waals surface area contributed by atoms with Gasteiger partial charge < -0.3 is 10.1 Å². The lowest BCUT2D eigenvalue weighted by atomic mass is 10.1. The van der Waals surface area contributed by atoms with Crippen LogP contribution in [-0.4, -0.2) is 13.0 Å². The van der Waals surface area contributed by atoms with Crippen molar-refractivity contribution >= 4 is 22.8 Å². The molecule has 3 heteroatoms. The van der Waals surface area contributed by atoms with Crippen LogP contribution in [0, 0.1) is 0 Å². The van der Waals surface area contributed by atoms with E-state index in [-0.39, 0.29) is 5.91 Å². The molecule has 0 heterocycles. The smallest absolute Gasteiger partial charge is 0.244 e. The van der Waals surface area contributed by atoms with Crippen LogP contribution < -0.4 is 10.1 Å². The SMILES string of the molecule is COc1ccc(/C=C/C(=O)NCc2ccc3ccccc3c2)cc1. The van der Waals surface area contributed by atoms with Crippen molar-refractivity contribution in [2.45, 2.75) is 6.54 Å². The summed E-state index contributed by atoms with van der Waals surface area (Å²) in [5.74, 6) is 0.687. The number of hydrogen-bond acceptors (Lipinski definition) is 2. The van der Waals surface area contributed by atoms with Gasteiger partial charge in [0.15, 0.2) is 0 Å². The van der Waals surface area contributed by atoms with E-state index in [1.807, 2.05) is 42.5 Å². The van der Waals surface area contributed by atoms with E-state index in [2.05, 4.69) is 29.6 Å². The molecule has 0 aliphatic rings. The van der Waals surface area contributed by atoms with Crippen molar-refractivity contribution in [2.24, 2.45) is 0 Å². The first-order valence-electron chi connectivity index (χ1n) is 7.82. The van der Waals surface area contributed by atoms with E-state index in [9.17, 15) is 4.79 Å². The molecule has 0 saturated heterocycles. The Morgan fingerprint density at radius 3 is 2.50 bits per heavy atom. The number of amides is 1. The monoisotopic (exact) mass is 317 g/mol. The summed E-state index contributed by atoms with van der Waals surface area (Å²) in [4.78, 5) is 12.0. The number of rotatable bonds is 5. The second-order valence-corrected chi connectivity index (χ2v) is 5.51. The van der Waals surface area contributed by atoms with Crippen LogP contribution in [0.15, 0.2) is 72.8 Å². The molecule has 0 saturated carbocycles. The highest BCUT2D eigenvalue weighted by molar-refractivity contribution is 5.91. The number of methoxy groups -OCH3 is 1. The van der Waals surface area contributed by atoms with Gasteiger partial charge in [-0.2, -0.15) is 0 Å². The summed E-state index contributed by atoms with van der Waals surface area (Å²) in [7, 11) is 1.63. The van der Waals surface area contributed by atoms with E-state index in [1.165, 1.54) is 10.8 Å². The van der Waals surface area contributed by atoms with Crippen LogP contribution in [0.3, 0.4) is 0 Å². The number of benzene rings is 3. The van der Waals surface area contributed by atoms with Crippen molar-refractivity contribution < 1.29 is 9.53 Å². The van der Waals surface area contributed by atoms with Crippen molar-refractivity contribution in [2.75, 3.05) is 7.11 Å². The molecular formula is C21H19NO2. The van der Waals surface area contributed by atoms with E-state index in [1.54, 1.807) is 19.3 Å². The molecule has 3 aromatic rings. The molecule has 3 rings (SSSR count). The lowest BCUT2D eigenvalue weighted by Gasteiger charge is -2.05. The lowest BCUT2D eigenvalue weighted by Crippen LogP contribution is -2.20. The van der Waals surface area contributed by atoms with Crippen LogP contribution in [0.1, 0.15) is 11.1 Å². The number of ether oxygens (including phenoxy) is 1. The molecule has 3 aromatic carbocycles. The van der Waals surface area contributed by atoms with Crippen LogP contribution in [-0.2, 0) is 11.3 Å². The molecule has 0 spiro atoms. The van der Waals surface area contributed by atoms with E-state index < -0.39 is 0 Å². The van der Waals surface area contributed by atoms with Gasteiger partial charge in [-0.15, -0.1) is 0 Å². The minimum Gasteiger partial charge on any atom is -0.497 e. The second-order valence-electron chi connectivity index (χ2n) is 5.51. The summed E-state index contributed by atoms with van der Waals surface area (Å²) >= 11 is 0. The van der Waals surface area contributed by atoms with Gasteiger partial charge in [0.25, 0.3) is 0 Å². The Labute approximate surface area is 141 Å². The Morgan fingerprint density at radius 1 is 1.00 bits per heavy atom. The summed E-state index contributed by atoms with van der Waals surface area (Å²) in [6.45, 7) is 0.511. The summed E-state index contributed by atoms with van der Waals surface area (Å²) in [6, 6.07) is 22.0. The van der Waals surface area contributed by atoms with Crippen LogP contribution in [0.4, 0.5) is 0 Å². The maximum atomic E-state index is 12.0. The normalized spacial score (nSPS) is 10.9. The fourth-order valence-corrected chi connectivity index (χ4v) is 2.48. The number of carbonyl (C=O) groups excluding carboxylic acids is 1. The van der Waals surface area contributed by atoms with Gasteiger partial charge in [0, 0.05) is 12.6 Å². The average Bonchev–Trinajstić information content (AvgIpc) is 2.65. The second kappa shape index (κ2) is 7.47. The Bertz CT molecular complexity index is 866. The fourth-order valence-electron chi connectivity index (χ4n) is 2.48. The van der Waals surface area contributed by atoms with Gasteiger partial charge in [-0.3, -0.25) is 4.79 Å². The predicted octanol–water partition coefficient (Wildman–Crippen LogP) is 4.18. The first-order chi connectivity index (χ1) is 11.7. The van der Waals surface area contributed by atoms with Crippen molar-refractivity contribution in [3.05, 3.63) is 83.9 Å². The maximum absolute atomic E-state index is 12.0. The molecule has 0 aliphatic carbocycles. The number of hydrogen-bond donors (Lipinski definition) is 1. The Balaban J connectivity index is 1.58. The van der Waals surface area contributed by atoms with Gasteiger partial charge in [0.05, 0.1) is 7.11 Å². The van der Waals surface area contributed by atoms with Crippen molar-refractivity contribution in [3.8, 4) is 5.75 Å². The Kier molecular flexibility index (Phi) is 4.92. The summed E-state index contributed by atoms with van der Waals surface area (Å²) in [5.41, 5.74) is 2.04. The van der Waals surface area contributed by atoms with Crippen LogP contribution in [0.5, 0.6) is 5.75 Å². The molecule has 0 radical (unpaired) electrons. The number of carbonyl (C=O) groups is 1. The summed E-state index contributed by atoms with van der Waals surface area (Å²) in [6.07, 6.45) is 3.33. The number of nitrogens with one attached hydrogen (secondary N) is 1. The molecule has 0 aromatic heterocycles. The molecule has 0 unspecified atom stereocenters. The van der Waals surface area contributed by atoms with Crippen LogP contribution in [0.2, 0.25) is 0 Å². The third kappa shape index (κ3) is 4.02. The van der Waals surface area contributed by atoms with E-state index in [4.69, 9.17) is 4.74 Å². The third-order valence-electron chi connectivity index (χ3n) is 3.82. The zero-order valence-electron chi connectivity index (χ0n) is 13.5. The van der Waals surface area contributed by atoms with Gasteiger partial charge in [0.1, 0.15) is 5.75 Å². The average molecular weight is 317 g/mol. The summed E-state index contributed by atoms with van der Waals surface area (Å²) < 4.78 is 5.11. The molecule has 0 aliphatic heterocycles. The highest BCUT2D eigenvalue weighted by Gasteiger charge is 1.99. The lowest BCUT2D eigenvalue weighted by molar-refractivity contribution is -0.116. The van der Waals surface area contributed by atoms with Gasteiger partial charge in [-0.1, -0.05) is 48.5 Å². The maximum Gasteiger partial charge on any atom is 0.244 e. The first-order valence-corrected chi connectivity index (χ1v) is 7.82.